The van der Waals surface area contributed by atoms with Gasteiger partial charge in [-0.3, -0.25) is 18.9 Å². The van der Waals surface area contributed by atoms with Gasteiger partial charge in [-0.1, -0.05) is 13.8 Å². The monoisotopic (exact) mass is 348 g/mol. The van der Waals surface area contributed by atoms with E-state index in [0.29, 0.717) is 23.0 Å². The van der Waals surface area contributed by atoms with Crippen molar-refractivity contribution in [2.75, 3.05) is 0 Å². The third kappa shape index (κ3) is 2.93. The average Bonchev–Trinajstić information content (AvgIpc) is 3.05. The molecule has 1 fully saturated rings. The minimum Gasteiger partial charge on any atom is -0.323 e. The molecule has 1 atom stereocenters. The summed E-state index contributed by atoms with van der Waals surface area (Å²) in [5.74, 6) is 0.185. The number of hydrogen-bond donors (Lipinski definition) is 1. The lowest BCUT2D eigenvalue weighted by Crippen LogP contribution is -2.44. The number of amides is 3. The molecule has 128 valence electrons. The lowest BCUT2D eigenvalue weighted by atomic mass is 9.92. The van der Waals surface area contributed by atoms with Gasteiger partial charge in [0.2, 0.25) is 0 Å². The second-order valence-corrected chi connectivity index (χ2v) is 7.60. The van der Waals surface area contributed by atoms with Gasteiger partial charge in [0.25, 0.3) is 11.5 Å². The van der Waals surface area contributed by atoms with Crippen LogP contribution in [0.15, 0.2) is 22.4 Å². The Morgan fingerprint density at radius 3 is 2.79 bits per heavy atom. The van der Waals surface area contributed by atoms with Crippen molar-refractivity contribution in [3.8, 4) is 0 Å². The minimum absolute atomic E-state index is 0.00553. The summed E-state index contributed by atoms with van der Waals surface area (Å²) < 4.78 is 1.44. The van der Waals surface area contributed by atoms with Crippen LogP contribution in [0.3, 0.4) is 0 Å². The fraction of sp³-hybridized carbons (Fsp3) is 0.500. The Morgan fingerprint density at radius 1 is 1.33 bits per heavy atom. The highest BCUT2D eigenvalue weighted by Crippen LogP contribution is 2.25. The van der Waals surface area contributed by atoms with Gasteiger partial charge >= 0.3 is 6.03 Å². The summed E-state index contributed by atoms with van der Waals surface area (Å²) in [6, 6.07) is 0.934. The molecule has 2 aromatic rings. The van der Waals surface area contributed by atoms with Crippen LogP contribution in [-0.2, 0) is 11.3 Å². The first-order chi connectivity index (χ1) is 11.3. The topological polar surface area (TPSA) is 83.8 Å². The molecule has 0 saturated carbocycles. The van der Waals surface area contributed by atoms with E-state index >= 15 is 0 Å². The van der Waals surface area contributed by atoms with Crippen LogP contribution in [0.2, 0.25) is 0 Å². The molecular weight excluding hydrogens is 328 g/mol. The second kappa shape index (κ2) is 6.01. The number of fused-ring (bicyclic) bond motifs is 1. The Kier molecular flexibility index (Phi) is 4.16. The van der Waals surface area contributed by atoms with Crippen molar-refractivity contribution in [2.45, 2.75) is 45.7 Å². The van der Waals surface area contributed by atoms with Crippen molar-refractivity contribution in [3.05, 3.63) is 33.7 Å². The summed E-state index contributed by atoms with van der Waals surface area (Å²) in [4.78, 5) is 43.0. The van der Waals surface area contributed by atoms with Crippen LogP contribution in [0.5, 0.6) is 0 Å². The number of imide groups is 1. The largest absolute Gasteiger partial charge is 0.325 e. The number of thiazole rings is 1. The highest BCUT2D eigenvalue weighted by Gasteiger charge is 2.47. The first-order valence-electron chi connectivity index (χ1n) is 7.90. The van der Waals surface area contributed by atoms with Crippen LogP contribution in [-0.4, -0.2) is 31.8 Å². The molecule has 1 saturated heterocycles. The van der Waals surface area contributed by atoms with E-state index in [1.807, 2.05) is 0 Å². The molecule has 1 aliphatic rings. The first kappa shape index (κ1) is 16.6. The number of nitrogens with zero attached hydrogens (tertiary/aromatic N) is 3. The van der Waals surface area contributed by atoms with Crippen LogP contribution >= 0.6 is 11.3 Å². The van der Waals surface area contributed by atoms with Gasteiger partial charge in [-0.05, 0) is 25.7 Å². The molecule has 8 heteroatoms. The van der Waals surface area contributed by atoms with Gasteiger partial charge in [0.15, 0.2) is 4.96 Å². The summed E-state index contributed by atoms with van der Waals surface area (Å²) >= 11 is 1.33. The van der Waals surface area contributed by atoms with Crippen molar-refractivity contribution in [2.24, 2.45) is 5.92 Å². The van der Waals surface area contributed by atoms with Crippen molar-refractivity contribution >= 4 is 28.2 Å². The van der Waals surface area contributed by atoms with E-state index in [0.717, 1.165) is 11.3 Å². The van der Waals surface area contributed by atoms with Gasteiger partial charge in [-0.2, -0.15) is 0 Å². The molecule has 0 bridgehead atoms. The molecule has 0 aliphatic carbocycles. The fourth-order valence-corrected chi connectivity index (χ4v) is 3.51. The van der Waals surface area contributed by atoms with Crippen molar-refractivity contribution in [1.29, 1.82) is 0 Å². The number of rotatable bonds is 5. The molecule has 24 heavy (non-hydrogen) atoms. The standard InChI is InChI=1S/C16H20N4O3S/c1-10(2)4-5-16(3)13(22)20(14(23)18-16)9-11-8-12(21)19-6-7-24-15(19)17-11/h6-8,10H,4-5,9H2,1-3H3,(H,18,23). The third-order valence-electron chi connectivity index (χ3n) is 4.24. The fourth-order valence-electron chi connectivity index (χ4n) is 2.77. The van der Waals surface area contributed by atoms with E-state index in [2.05, 4.69) is 24.1 Å². The Balaban J connectivity index is 1.82. The molecule has 0 aromatic carbocycles. The van der Waals surface area contributed by atoms with Gasteiger partial charge in [-0.15, -0.1) is 11.3 Å². The number of carbonyl (C=O) groups excluding carboxylic acids is 2. The van der Waals surface area contributed by atoms with E-state index in [4.69, 9.17) is 0 Å². The Labute approximate surface area is 143 Å². The van der Waals surface area contributed by atoms with Crippen LogP contribution < -0.4 is 10.9 Å². The average molecular weight is 348 g/mol. The van der Waals surface area contributed by atoms with Crippen LogP contribution in [0, 0.1) is 5.92 Å². The summed E-state index contributed by atoms with van der Waals surface area (Å²) in [7, 11) is 0. The lowest BCUT2D eigenvalue weighted by molar-refractivity contribution is -0.131. The molecule has 3 amide bonds. The maximum absolute atomic E-state index is 12.7. The summed E-state index contributed by atoms with van der Waals surface area (Å²) in [5, 5.41) is 4.55. The molecule has 1 N–H and O–H groups in total. The minimum atomic E-state index is -0.885. The second-order valence-electron chi connectivity index (χ2n) is 6.73. The molecule has 3 rings (SSSR count). The maximum atomic E-state index is 12.7. The van der Waals surface area contributed by atoms with Crippen molar-refractivity contribution < 1.29 is 9.59 Å². The van der Waals surface area contributed by atoms with Crippen LogP contribution in [0.4, 0.5) is 4.79 Å². The number of nitrogens with one attached hydrogen (secondary N) is 1. The summed E-state index contributed by atoms with van der Waals surface area (Å²) in [6.07, 6.45) is 3.08. The van der Waals surface area contributed by atoms with Gasteiger partial charge in [-0.25, -0.2) is 9.78 Å². The molecule has 3 heterocycles. The van der Waals surface area contributed by atoms with Crippen molar-refractivity contribution in [1.82, 2.24) is 19.6 Å². The SMILES string of the molecule is CC(C)CCC1(C)NC(=O)N(Cc2cc(=O)n3ccsc3n2)C1=O. The predicted octanol–water partition coefficient (Wildman–Crippen LogP) is 2.00. The van der Waals surface area contributed by atoms with Crippen molar-refractivity contribution in [3.63, 3.8) is 0 Å². The molecule has 0 spiro atoms. The molecule has 1 unspecified atom stereocenters. The quantitative estimate of drug-likeness (QED) is 0.838. The first-order valence-corrected chi connectivity index (χ1v) is 8.78. The smallest absolute Gasteiger partial charge is 0.323 e. The lowest BCUT2D eigenvalue weighted by Gasteiger charge is -2.22. The van der Waals surface area contributed by atoms with Gasteiger partial charge in [0.05, 0.1) is 12.2 Å². The highest BCUT2D eigenvalue weighted by atomic mass is 32.1. The molecule has 7 nitrogen and oxygen atoms in total. The summed E-state index contributed by atoms with van der Waals surface area (Å²) in [6.45, 7) is 5.91. The zero-order valence-corrected chi connectivity index (χ0v) is 14.7. The Morgan fingerprint density at radius 2 is 2.08 bits per heavy atom. The number of urea groups is 1. The Bertz CT molecular complexity index is 856. The van der Waals surface area contributed by atoms with E-state index in [-0.39, 0.29) is 18.0 Å². The predicted molar refractivity (Wildman–Crippen MR) is 90.9 cm³/mol. The van der Waals surface area contributed by atoms with Crippen LogP contribution in [0.1, 0.15) is 39.3 Å². The zero-order chi connectivity index (χ0) is 17.5. The third-order valence-corrected chi connectivity index (χ3v) is 5.00. The highest BCUT2D eigenvalue weighted by molar-refractivity contribution is 7.15. The number of hydrogen-bond acceptors (Lipinski definition) is 5. The molecular formula is C16H20N4O3S. The van der Waals surface area contributed by atoms with E-state index in [9.17, 15) is 14.4 Å². The molecule has 1 aliphatic heterocycles. The normalized spacial score (nSPS) is 21.1. The Hall–Kier alpha value is -2.22. The maximum Gasteiger partial charge on any atom is 0.325 e. The molecule has 2 aromatic heterocycles. The van der Waals surface area contributed by atoms with Gasteiger partial charge in [0, 0.05) is 17.6 Å². The van der Waals surface area contributed by atoms with E-state index in [1.165, 1.54) is 21.8 Å². The van der Waals surface area contributed by atoms with E-state index < -0.39 is 11.6 Å². The zero-order valence-electron chi connectivity index (χ0n) is 13.9. The van der Waals surface area contributed by atoms with Crippen LogP contribution in [0.25, 0.3) is 4.96 Å². The number of carbonyl (C=O) groups is 2. The van der Waals surface area contributed by atoms with E-state index in [1.54, 1.807) is 18.5 Å². The summed E-state index contributed by atoms with van der Waals surface area (Å²) in [5.41, 5.74) is -0.686. The van der Waals surface area contributed by atoms with Gasteiger partial charge < -0.3 is 5.32 Å². The van der Waals surface area contributed by atoms with Gasteiger partial charge in [0.1, 0.15) is 5.54 Å². The number of aromatic nitrogens is 2. The molecule has 0 radical (unpaired) electrons.